The minimum Gasteiger partial charge on any atom is -0.282 e. The van der Waals surface area contributed by atoms with Crippen LogP contribution in [-0.4, -0.2) is 14.5 Å². The van der Waals surface area contributed by atoms with E-state index in [4.69, 9.17) is 0 Å². The van der Waals surface area contributed by atoms with Crippen LogP contribution < -0.4 is 5.69 Å². The topological polar surface area (TPSA) is 47.8 Å². The first-order valence-electron chi connectivity index (χ1n) is 3.85. The van der Waals surface area contributed by atoms with Gasteiger partial charge in [-0.25, -0.2) is 9.78 Å². The van der Waals surface area contributed by atoms with E-state index in [9.17, 15) is 4.79 Å². The van der Waals surface area contributed by atoms with Crippen LogP contribution in [0.15, 0.2) is 17.4 Å². The lowest BCUT2D eigenvalue weighted by molar-refractivity contribution is 0.333. The molecule has 0 amide bonds. The normalized spacial score (nSPS) is 11.6. The first kappa shape index (κ1) is 8.90. The van der Waals surface area contributed by atoms with Crippen LogP contribution in [0, 0.1) is 5.41 Å². The van der Waals surface area contributed by atoms with Crippen LogP contribution >= 0.6 is 0 Å². The molecular weight excluding hydrogens is 154 g/mol. The van der Waals surface area contributed by atoms with Crippen molar-refractivity contribution >= 4 is 0 Å². The van der Waals surface area contributed by atoms with Gasteiger partial charge in [0.25, 0.3) is 0 Å². The third-order valence-electron chi connectivity index (χ3n) is 1.33. The van der Waals surface area contributed by atoms with E-state index in [1.807, 2.05) is 0 Å². The molecule has 0 saturated carbocycles. The molecule has 1 rings (SSSR count). The highest BCUT2D eigenvalue weighted by Crippen LogP contribution is 2.13. The molecule has 0 aliphatic rings. The van der Waals surface area contributed by atoms with Gasteiger partial charge in [0.1, 0.15) is 12.7 Å². The number of aromatic nitrogens is 3. The molecule has 1 aromatic heterocycles. The monoisotopic (exact) mass is 167 g/mol. The summed E-state index contributed by atoms with van der Waals surface area (Å²) in [5, 5.41) is 0. The largest absolute Gasteiger partial charge is 0.350 e. The molecule has 0 aromatic carbocycles. The average Bonchev–Trinajstić information content (AvgIpc) is 1.91. The van der Waals surface area contributed by atoms with Crippen molar-refractivity contribution in [2.75, 3.05) is 0 Å². The fourth-order valence-electron chi connectivity index (χ4n) is 0.936. The van der Waals surface area contributed by atoms with Gasteiger partial charge in [0.05, 0.1) is 0 Å². The predicted molar refractivity (Wildman–Crippen MR) is 45.7 cm³/mol. The Morgan fingerprint density at radius 3 is 2.67 bits per heavy atom. The van der Waals surface area contributed by atoms with Gasteiger partial charge < -0.3 is 0 Å². The Morgan fingerprint density at radius 2 is 2.17 bits per heavy atom. The van der Waals surface area contributed by atoms with Crippen molar-refractivity contribution in [3.63, 3.8) is 0 Å². The molecule has 0 saturated heterocycles. The number of nitrogens with zero attached hydrogens (tertiary/aromatic N) is 3. The second kappa shape index (κ2) is 3.05. The van der Waals surface area contributed by atoms with Gasteiger partial charge in [-0.3, -0.25) is 4.57 Å². The minimum atomic E-state index is -0.236. The molecule has 66 valence electrons. The van der Waals surface area contributed by atoms with Crippen LogP contribution in [0.25, 0.3) is 0 Å². The molecule has 0 fully saturated rings. The van der Waals surface area contributed by atoms with E-state index in [1.165, 1.54) is 17.2 Å². The van der Waals surface area contributed by atoms with E-state index < -0.39 is 0 Å². The fraction of sp³-hybridized carbons (Fsp3) is 0.625. The van der Waals surface area contributed by atoms with Gasteiger partial charge in [0, 0.05) is 6.54 Å². The Hall–Kier alpha value is -1.19. The van der Waals surface area contributed by atoms with Gasteiger partial charge in [-0.05, 0) is 5.41 Å². The first-order valence-corrected chi connectivity index (χ1v) is 3.85. The molecule has 0 radical (unpaired) electrons. The van der Waals surface area contributed by atoms with Crippen molar-refractivity contribution in [2.24, 2.45) is 5.41 Å². The van der Waals surface area contributed by atoms with Gasteiger partial charge in [-0.1, -0.05) is 20.8 Å². The van der Waals surface area contributed by atoms with Crippen molar-refractivity contribution in [3.05, 3.63) is 23.1 Å². The summed E-state index contributed by atoms with van der Waals surface area (Å²) in [7, 11) is 0. The maximum absolute atomic E-state index is 11.1. The van der Waals surface area contributed by atoms with E-state index in [0.29, 0.717) is 6.54 Å². The summed E-state index contributed by atoms with van der Waals surface area (Å²) in [5.41, 5.74) is -0.158. The SMILES string of the molecule is CC(C)(C)Cn1cncnc1=O. The van der Waals surface area contributed by atoms with Crippen molar-refractivity contribution in [1.29, 1.82) is 0 Å². The van der Waals surface area contributed by atoms with Crippen LogP contribution in [0.4, 0.5) is 0 Å². The van der Waals surface area contributed by atoms with Gasteiger partial charge in [0.2, 0.25) is 0 Å². The van der Waals surface area contributed by atoms with Crippen LogP contribution in [0.2, 0.25) is 0 Å². The van der Waals surface area contributed by atoms with Crippen molar-refractivity contribution in [1.82, 2.24) is 14.5 Å². The van der Waals surface area contributed by atoms with E-state index in [0.717, 1.165) is 0 Å². The van der Waals surface area contributed by atoms with E-state index >= 15 is 0 Å². The van der Waals surface area contributed by atoms with E-state index in [2.05, 4.69) is 30.7 Å². The number of hydrogen-bond donors (Lipinski definition) is 0. The molecule has 0 spiro atoms. The zero-order valence-corrected chi connectivity index (χ0v) is 7.61. The third-order valence-corrected chi connectivity index (χ3v) is 1.33. The predicted octanol–water partition coefficient (Wildman–Crippen LogP) is 0.684. The summed E-state index contributed by atoms with van der Waals surface area (Å²) >= 11 is 0. The lowest BCUT2D eigenvalue weighted by Crippen LogP contribution is -2.28. The lowest BCUT2D eigenvalue weighted by Gasteiger charge is -2.18. The van der Waals surface area contributed by atoms with Crippen molar-refractivity contribution in [3.8, 4) is 0 Å². The summed E-state index contributed by atoms with van der Waals surface area (Å²) in [5.74, 6) is 0. The molecule has 0 bridgehead atoms. The minimum absolute atomic E-state index is 0.0779. The van der Waals surface area contributed by atoms with E-state index in [-0.39, 0.29) is 11.1 Å². The zero-order chi connectivity index (χ0) is 9.19. The maximum atomic E-state index is 11.1. The smallest absolute Gasteiger partial charge is 0.282 e. The molecule has 0 N–H and O–H groups in total. The Kier molecular flexibility index (Phi) is 2.26. The van der Waals surface area contributed by atoms with Gasteiger partial charge in [0.15, 0.2) is 0 Å². The highest BCUT2D eigenvalue weighted by atomic mass is 16.1. The fourth-order valence-corrected chi connectivity index (χ4v) is 0.936. The average molecular weight is 167 g/mol. The molecule has 0 unspecified atom stereocenters. The third kappa shape index (κ3) is 2.45. The standard InChI is InChI=1S/C8H13N3O/c1-8(2,3)4-11-6-9-5-10-7(11)12/h5-6H,4H2,1-3H3. The van der Waals surface area contributed by atoms with Crippen LogP contribution in [0.1, 0.15) is 20.8 Å². The number of rotatable bonds is 1. The molecule has 1 heterocycles. The maximum Gasteiger partial charge on any atom is 0.350 e. The second-order valence-corrected chi connectivity index (χ2v) is 3.98. The highest BCUT2D eigenvalue weighted by molar-refractivity contribution is 4.70. The number of hydrogen-bond acceptors (Lipinski definition) is 3. The molecule has 1 aromatic rings. The molecule has 0 aliphatic carbocycles. The van der Waals surface area contributed by atoms with Crippen molar-refractivity contribution in [2.45, 2.75) is 27.3 Å². The Labute approximate surface area is 71.3 Å². The van der Waals surface area contributed by atoms with Gasteiger partial charge in [-0.15, -0.1) is 0 Å². The summed E-state index contributed by atoms with van der Waals surface area (Å²) in [6.45, 7) is 6.83. The lowest BCUT2D eigenvalue weighted by atomic mass is 9.97. The Balaban J connectivity index is 2.91. The second-order valence-electron chi connectivity index (χ2n) is 3.98. The molecule has 4 nitrogen and oxygen atoms in total. The van der Waals surface area contributed by atoms with Gasteiger partial charge >= 0.3 is 5.69 Å². The Morgan fingerprint density at radius 1 is 1.50 bits per heavy atom. The van der Waals surface area contributed by atoms with Gasteiger partial charge in [-0.2, -0.15) is 4.98 Å². The summed E-state index contributed by atoms with van der Waals surface area (Å²) in [6.07, 6.45) is 2.78. The van der Waals surface area contributed by atoms with Crippen LogP contribution in [-0.2, 0) is 6.54 Å². The summed E-state index contributed by atoms with van der Waals surface area (Å²) in [4.78, 5) is 18.4. The van der Waals surface area contributed by atoms with Crippen molar-refractivity contribution < 1.29 is 0 Å². The van der Waals surface area contributed by atoms with Crippen LogP contribution in [0.5, 0.6) is 0 Å². The first-order chi connectivity index (χ1) is 5.49. The quantitative estimate of drug-likeness (QED) is 0.618. The van der Waals surface area contributed by atoms with Crippen LogP contribution in [0.3, 0.4) is 0 Å². The Bertz CT molecular complexity index is 311. The van der Waals surface area contributed by atoms with E-state index in [1.54, 1.807) is 0 Å². The molecule has 12 heavy (non-hydrogen) atoms. The summed E-state index contributed by atoms with van der Waals surface area (Å²) < 4.78 is 1.51. The molecular formula is C8H13N3O. The summed E-state index contributed by atoms with van der Waals surface area (Å²) in [6, 6.07) is 0. The zero-order valence-electron chi connectivity index (χ0n) is 7.61. The molecule has 0 aliphatic heterocycles. The highest BCUT2D eigenvalue weighted by Gasteiger charge is 2.11. The molecule has 4 heteroatoms. The molecule has 0 atom stereocenters.